The Morgan fingerprint density at radius 2 is 1.90 bits per heavy atom. The van der Waals surface area contributed by atoms with Crippen molar-refractivity contribution in [2.75, 3.05) is 18.4 Å². The van der Waals surface area contributed by atoms with Gasteiger partial charge in [-0.2, -0.15) is 0 Å². The Labute approximate surface area is 205 Å². The van der Waals surface area contributed by atoms with Crippen LogP contribution in [0.4, 0.5) is 5.69 Å². The highest BCUT2D eigenvalue weighted by Gasteiger charge is 2.40. The van der Waals surface area contributed by atoms with Gasteiger partial charge < -0.3 is 15.5 Å². The molecule has 0 unspecified atom stereocenters. The minimum atomic E-state index is -0.486. The van der Waals surface area contributed by atoms with Crippen LogP contribution < -0.4 is 16.1 Å². The molecule has 0 saturated carbocycles. The van der Waals surface area contributed by atoms with Gasteiger partial charge in [0, 0.05) is 41.1 Å². The topological polar surface area (TPSA) is 65.6 Å². The maximum absolute atomic E-state index is 12.5. The summed E-state index contributed by atoms with van der Waals surface area (Å²) in [6.07, 6.45) is 3.38. The van der Waals surface area contributed by atoms with Gasteiger partial charge in [0.25, 0.3) is 5.91 Å². The van der Waals surface area contributed by atoms with Crippen molar-refractivity contribution in [3.63, 3.8) is 0 Å². The molecule has 1 spiro atoms. The number of carbonyl (C=O) groups excluding carboxylic acids is 1. The van der Waals surface area contributed by atoms with Crippen LogP contribution in [0, 0.1) is 3.57 Å². The van der Waals surface area contributed by atoms with Crippen molar-refractivity contribution in [1.82, 2.24) is 15.7 Å². The Morgan fingerprint density at radius 1 is 1.19 bits per heavy atom. The van der Waals surface area contributed by atoms with Crippen LogP contribution in [0.15, 0.2) is 60.3 Å². The van der Waals surface area contributed by atoms with Crippen molar-refractivity contribution in [3.8, 4) is 0 Å². The third-order valence-corrected chi connectivity index (χ3v) is 6.95. The fraction of sp³-hybridized carbons (Fsp3) is 0.273. The van der Waals surface area contributed by atoms with E-state index in [4.69, 9.17) is 28.7 Å². The van der Waals surface area contributed by atoms with Gasteiger partial charge in [0.05, 0.1) is 5.69 Å². The third kappa shape index (κ3) is 5.49. The van der Waals surface area contributed by atoms with E-state index in [-0.39, 0.29) is 5.91 Å². The largest absolute Gasteiger partial charge is 0.349 e. The van der Waals surface area contributed by atoms with Crippen LogP contribution in [0.3, 0.4) is 0 Å². The molecule has 0 radical (unpaired) electrons. The SMILES string of the molecule is O=C(NCc1ccc(Cl)cc1)C1=CC2(CCN(C(=S)Nc3ccccc3I)CC2)ON1. The van der Waals surface area contributed by atoms with E-state index in [2.05, 4.69) is 43.6 Å². The zero-order valence-electron chi connectivity index (χ0n) is 16.7. The third-order valence-electron chi connectivity index (χ3n) is 5.40. The molecule has 162 valence electrons. The number of hydrogen-bond acceptors (Lipinski definition) is 4. The van der Waals surface area contributed by atoms with Gasteiger partial charge in [0.1, 0.15) is 11.3 Å². The van der Waals surface area contributed by atoms with Gasteiger partial charge >= 0.3 is 0 Å². The number of thiocarbonyl (C=S) groups is 1. The lowest BCUT2D eigenvalue weighted by atomic mass is 9.91. The summed E-state index contributed by atoms with van der Waals surface area (Å²) in [6.45, 7) is 1.91. The molecule has 2 aliphatic rings. The first-order valence-corrected chi connectivity index (χ1v) is 11.8. The maximum Gasteiger partial charge on any atom is 0.269 e. The molecule has 1 saturated heterocycles. The van der Waals surface area contributed by atoms with Crippen LogP contribution in [0.5, 0.6) is 0 Å². The quantitative estimate of drug-likeness (QED) is 0.379. The molecule has 4 rings (SSSR count). The summed E-state index contributed by atoms with van der Waals surface area (Å²) < 4.78 is 1.12. The maximum atomic E-state index is 12.5. The molecule has 2 aromatic carbocycles. The summed E-state index contributed by atoms with van der Waals surface area (Å²) in [5.41, 5.74) is 4.76. The van der Waals surface area contributed by atoms with E-state index in [0.717, 1.165) is 40.8 Å². The smallest absolute Gasteiger partial charge is 0.269 e. The number of benzene rings is 2. The van der Waals surface area contributed by atoms with Crippen molar-refractivity contribution in [1.29, 1.82) is 0 Å². The van der Waals surface area contributed by atoms with E-state index in [1.807, 2.05) is 42.5 Å². The lowest BCUT2D eigenvalue weighted by Gasteiger charge is -2.38. The van der Waals surface area contributed by atoms with E-state index in [1.54, 1.807) is 12.1 Å². The van der Waals surface area contributed by atoms with E-state index in [9.17, 15) is 4.79 Å². The Morgan fingerprint density at radius 3 is 2.61 bits per heavy atom. The summed E-state index contributed by atoms with van der Waals surface area (Å²) in [7, 11) is 0. The predicted molar refractivity (Wildman–Crippen MR) is 135 cm³/mol. The van der Waals surface area contributed by atoms with Gasteiger partial charge in [-0.25, -0.2) is 0 Å². The highest BCUT2D eigenvalue weighted by atomic mass is 127. The van der Waals surface area contributed by atoms with E-state index < -0.39 is 5.60 Å². The monoisotopic (exact) mass is 568 g/mol. The normalized spacial score (nSPS) is 17.1. The van der Waals surface area contributed by atoms with Gasteiger partial charge in [0.2, 0.25) is 0 Å². The number of para-hydroxylation sites is 1. The molecule has 6 nitrogen and oxygen atoms in total. The predicted octanol–water partition coefficient (Wildman–Crippen LogP) is 4.21. The average Bonchev–Trinajstić information content (AvgIpc) is 3.19. The molecule has 0 aliphatic carbocycles. The molecule has 2 aliphatic heterocycles. The lowest BCUT2D eigenvalue weighted by Crippen LogP contribution is -2.48. The number of anilines is 1. The zero-order valence-corrected chi connectivity index (χ0v) is 20.4. The van der Waals surface area contributed by atoms with Crippen molar-refractivity contribution >= 4 is 63.1 Å². The number of likely N-dealkylation sites (tertiary alicyclic amines) is 1. The average molecular weight is 569 g/mol. The number of carbonyl (C=O) groups is 1. The van der Waals surface area contributed by atoms with Gasteiger partial charge in [-0.3, -0.25) is 15.1 Å². The standard InChI is InChI=1S/C22H22ClIN4O2S/c23-16-7-5-15(6-8-16)14-25-20(29)19-13-22(30-27-19)9-11-28(12-10-22)21(31)26-18-4-2-1-3-17(18)24/h1-8,13,27H,9-12,14H2,(H,25,29)(H,26,31). The zero-order chi connectivity index (χ0) is 21.8. The van der Waals surface area contributed by atoms with E-state index >= 15 is 0 Å². The molecule has 2 heterocycles. The molecule has 0 aromatic heterocycles. The highest BCUT2D eigenvalue weighted by molar-refractivity contribution is 14.1. The second kappa shape index (κ2) is 9.72. The molecule has 3 N–H and O–H groups in total. The van der Waals surface area contributed by atoms with Crippen LogP contribution in [0.2, 0.25) is 5.02 Å². The second-order valence-electron chi connectivity index (χ2n) is 7.53. The second-order valence-corrected chi connectivity index (χ2v) is 9.52. The molecular weight excluding hydrogens is 547 g/mol. The molecular formula is C22H22ClIN4O2S. The van der Waals surface area contributed by atoms with Crippen LogP contribution in [0.25, 0.3) is 0 Å². The molecule has 1 fully saturated rings. The summed E-state index contributed by atoms with van der Waals surface area (Å²) in [5.74, 6) is -0.190. The Hall–Kier alpha value is -1.88. The number of hydroxylamine groups is 1. The first kappa shape index (κ1) is 22.3. The number of nitrogens with zero attached hydrogens (tertiary/aromatic N) is 1. The number of hydrogen-bond donors (Lipinski definition) is 3. The summed E-state index contributed by atoms with van der Waals surface area (Å²) in [6, 6.07) is 15.4. The van der Waals surface area contributed by atoms with Crippen molar-refractivity contribution in [2.24, 2.45) is 0 Å². The van der Waals surface area contributed by atoms with Gasteiger partial charge in [-0.1, -0.05) is 35.9 Å². The van der Waals surface area contributed by atoms with Gasteiger partial charge in [-0.15, -0.1) is 0 Å². The van der Waals surface area contributed by atoms with Crippen molar-refractivity contribution in [3.05, 3.63) is 74.5 Å². The fourth-order valence-electron chi connectivity index (χ4n) is 3.56. The highest BCUT2D eigenvalue weighted by Crippen LogP contribution is 2.32. The van der Waals surface area contributed by atoms with Gasteiger partial charge in [-0.05, 0) is 70.7 Å². The number of amides is 1. The van der Waals surface area contributed by atoms with Crippen LogP contribution >= 0.6 is 46.4 Å². The van der Waals surface area contributed by atoms with Crippen LogP contribution in [-0.4, -0.2) is 34.6 Å². The number of nitrogens with one attached hydrogen (secondary N) is 3. The minimum absolute atomic E-state index is 0.190. The Bertz CT molecular complexity index is 1010. The fourth-order valence-corrected chi connectivity index (χ4v) is 4.50. The summed E-state index contributed by atoms with van der Waals surface area (Å²) in [5, 5.41) is 7.61. The van der Waals surface area contributed by atoms with Crippen molar-refractivity contribution in [2.45, 2.75) is 25.0 Å². The summed E-state index contributed by atoms with van der Waals surface area (Å²) in [4.78, 5) is 20.5. The molecule has 0 atom stereocenters. The molecule has 0 bridgehead atoms. The Kier molecular flexibility index (Phi) is 7.00. The first-order chi connectivity index (χ1) is 14.9. The molecule has 2 aromatic rings. The number of rotatable bonds is 4. The lowest BCUT2D eigenvalue weighted by molar-refractivity contribution is -0.120. The van der Waals surface area contributed by atoms with Crippen LogP contribution in [-0.2, 0) is 16.2 Å². The van der Waals surface area contributed by atoms with E-state index in [0.29, 0.717) is 22.4 Å². The molecule has 1 amide bonds. The van der Waals surface area contributed by atoms with Crippen molar-refractivity contribution < 1.29 is 9.63 Å². The Balaban J connectivity index is 1.30. The number of piperidine rings is 1. The number of halogens is 2. The minimum Gasteiger partial charge on any atom is -0.349 e. The van der Waals surface area contributed by atoms with Crippen LogP contribution in [0.1, 0.15) is 18.4 Å². The summed E-state index contributed by atoms with van der Waals surface area (Å²) >= 11 is 13.8. The molecule has 9 heteroatoms. The molecule has 31 heavy (non-hydrogen) atoms. The van der Waals surface area contributed by atoms with E-state index in [1.165, 1.54) is 0 Å². The first-order valence-electron chi connectivity index (χ1n) is 9.94. The van der Waals surface area contributed by atoms with Gasteiger partial charge in [0.15, 0.2) is 5.11 Å².